The average molecular weight is 487 g/mol. The van der Waals surface area contributed by atoms with Crippen molar-refractivity contribution in [1.82, 2.24) is 0 Å². The van der Waals surface area contributed by atoms with Gasteiger partial charge >= 0.3 is 0 Å². The van der Waals surface area contributed by atoms with E-state index in [1.807, 2.05) is 0 Å². The van der Waals surface area contributed by atoms with E-state index in [2.05, 4.69) is 67.6 Å². The van der Waals surface area contributed by atoms with Crippen molar-refractivity contribution in [2.45, 2.75) is 122 Å². The number of benzene rings is 3. The number of unbranched alkanes of at least 4 members (excludes halogenated alkanes) is 14. The molecule has 0 radical (unpaired) electrons. The molecular formula is C35H47F. The van der Waals surface area contributed by atoms with Crippen LogP contribution < -0.4 is 0 Å². The van der Waals surface area contributed by atoms with Crippen LogP contribution in [-0.4, -0.2) is 0 Å². The lowest BCUT2D eigenvalue weighted by Gasteiger charge is -2.30. The Bertz CT molecular complexity index is 1110. The van der Waals surface area contributed by atoms with Crippen LogP contribution in [0, 0.1) is 0 Å². The fourth-order valence-electron chi connectivity index (χ4n) is 6.17. The lowest BCUT2D eigenvalue weighted by atomic mass is 9.79. The minimum absolute atomic E-state index is 0.512. The molecule has 0 heterocycles. The largest absolute Gasteiger partial charge is 0.238 e. The summed E-state index contributed by atoms with van der Waals surface area (Å²) >= 11 is 0. The Morgan fingerprint density at radius 2 is 1.19 bits per heavy atom. The fraction of sp³-hybridized carbons (Fsp3) is 0.543. The van der Waals surface area contributed by atoms with E-state index in [-0.39, 0.29) is 0 Å². The van der Waals surface area contributed by atoms with Gasteiger partial charge in [0.05, 0.1) is 0 Å². The van der Waals surface area contributed by atoms with Gasteiger partial charge in [-0.05, 0) is 45.5 Å². The highest BCUT2D eigenvalue weighted by atomic mass is 19.1. The van der Waals surface area contributed by atoms with Crippen LogP contribution in [-0.2, 0) is 5.67 Å². The molecule has 3 aromatic carbocycles. The highest BCUT2D eigenvalue weighted by molar-refractivity contribution is 6.10. The number of hydrogen-bond acceptors (Lipinski definition) is 0. The molecule has 1 unspecified atom stereocenters. The highest BCUT2D eigenvalue weighted by Gasteiger charge is 2.34. The molecule has 0 aliphatic heterocycles. The molecular weight excluding hydrogens is 439 g/mol. The molecule has 1 aliphatic carbocycles. The van der Waals surface area contributed by atoms with Crippen molar-refractivity contribution in [1.29, 1.82) is 0 Å². The third-order valence-corrected chi connectivity index (χ3v) is 8.35. The molecule has 0 saturated carbocycles. The van der Waals surface area contributed by atoms with Gasteiger partial charge in [0.1, 0.15) is 5.67 Å². The summed E-state index contributed by atoms with van der Waals surface area (Å²) in [6.45, 7) is 2.29. The second-order valence-corrected chi connectivity index (χ2v) is 11.2. The van der Waals surface area contributed by atoms with Crippen LogP contribution in [0.1, 0.15) is 127 Å². The van der Waals surface area contributed by atoms with Crippen LogP contribution in [0.5, 0.6) is 0 Å². The third kappa shape index (κ3) is 6.99. The van der Waals surface area contributed by atoms with Crippen molar-refractivity contribution in [2.24, 2.45) is 0 Å². The maximum Gasteiger partial charge on any atom is 0.140 e. The summed E-state index contributed by atoms with van der Waals surface area (Å²) in [6, 6.07) is 17.1. The summed E-state index contributed by atoms with van der Waals surface area (Å²) in [4.78, 5) is 0. The zero-order valence-electron chi connectivity index (χ0n) is 22.7. The Kier molecular flexibility index (Phi) is 10.4. The summed E-state index contributed by atoms with van der Waals surface area (Å²) in [5.41, 5.74) is 0.770. The lowest BCUT2D eigenvalue weighted by molar-refractivity contribution is 0.147. The maximum absolute atomic E-state index is 16.2. The van der Waals surface area contributed by atoms with Crippen LogP contribution in [0.3, 0.4) is 0 Å². The molecule has 0 N–H and O–H groups in total. The molecule has 1 heteroatoms. The Balaban J connectivity index is 1.17. The monoisotopic (exact) mass is 486 g/mol. The highest BCUT2D eigenvalue weighted by Crippen LogP contribution is 2.44. The molecule has 0 bridgehead atoms. The molecule has 0 amide bonds. The fourth-order valence-corrected chi connectivity index (χ4v) is 6.17. The summed E-state index contributed by atoms with van der Waals surface area (Å²) < 4.78 is 16.2. The van der Waals surface area contributed by atoms with E-state index in [0.717, 1.165) is 24.0 Å². The van der Waals surface area contributed by atoms with E-state index in [1.54, 1.807) is 0 Å². The topological polar surface area (TPSA) is 0 Å². The first-order valence-electron chi connectivity index (χ1n) is 15.0. The molecule has 4 rings (SSSR count). The van der Waals surface area contributed by atoms with Crippen LogP contribution in [0.25, 0.3) is 27.6 Å². The van der Waals surface area contributed by atoms with Crippen molar-refractivity contribution >= 4 is 27.6 Å². The van der Waals surface area contributed by atoms with Gasteiger partial charge in [0.25, 0.3) is 0 Å². The van der Waals surface area contributed by atoms with Gasteiger partial charge in [-0.1, -0.05) is 157 Å². The van der Waals surface area contributed by atoms with E-state index in [1.165, 1.54) is 105 Å². The first kappa shape index (κ1) is 26.9. The van der Waals surface area contributed by atoms with E-state index >= 15 is 4.39 Å². The minimum Gasteiger partial charge on any atom is -0.238 e. The molecule has 194 valence electrons. The van der Waals surface area contributed by atoms with Gasteiger partial charge in [0.15, 0.2) is 0 Å². The van der Waals surface area contributed by atoms with Crippen LogP contribution in [0.2, 0.25) is 0 Å². The summed E-state index contributed by atoms with van der Waals surface area (Å²) in [5.74, 6) is 0. The number of hydrogen-bond donors (Lipinski definition) is 0. The first-order valence-corrected chi connectivity index (χ1v) is 15.0. The summed E-state index contributed by atoms with van der Waals surface area (Å²) in [5, 5.41) is 4.91. The minimum atomic E-state index is -1.22. The van der Waals surface area contributed by atoms with Gasteiger partial charge in [-0.3, -0.25) is 0 Å². The molecule has 36 heavy (non-hydrogen) atoms. The summed E-state index contributed by atoms with van der Waals surface area (Å²) in [6.07, 6.45) is 25.5. The Morgan fingerprint density at radius 3 is 1.86 bits per heavy atom. The third-order valence-electron chi connectivity index (χ3n) is 8.35. The molecule has 0 nitrogen and oxygen atoms in total. The average Bonchev–Trinajstić information content (AvgIpc) is 2.90. The van der Waals surface area contributed by atoms with Crippen molar-refractivity contribution in [3.8, 4) is 0 Å². The zero-order chi connectivity index (χ0) is 25.1. The van der Waals surface area contributed by atoms with Gasteiger partial charge in [-0.25, -0.2) is 4.39 Å². The zero-order valence-corrected chi connectivity index (χ0v) is 22.7. The Morgan fingerprint density at radius 1 is 0.611 bits per heavy atom. The Hall–Kier alpha value is -2.15. The molecule has 1 aliphatic rings. The standard InChI is InChI=1S/C35H47F/c1-2-3-4-5-6-7-8-9-10-11-12-13-14-15-18-27-35(36)28-19-22-33-32-24-23-29-20-16-17-21-30(29)31(32)25-26-34(33)35/h16-17,19-26H,2-15,18,27-28H2,1H3. The van der Waals surface area contributed by atoms with Crippen LogP contribution >= 0.6 is 0 Å². The van der Waals surface area contributed by atoms with E-state index in [9.17, 15) is 0 Å². The number of allylic oxidation sites excluding steroid dienone is 1. The van der Waals surface area contributed by atoms with Crippen LogP contribution in [0.15, 0.2) is 54.6 Å². The quantitative estimate of drug-likeness (QED) is 0.139. The molecule has 3 aromatic rings. The van der Waals surface area contributed by atoms with E-state index in [4.69, 9.17) is 0 Å². The molecule has 0 fully saturated rings. The van der Waals surface area contributed by atoms with Gasteiger partial charge in [0, 0.05) is 6.42 Å². The second kappa shape index (κ2) is 14.0. The number of fused-ring (bicyclic) bond motifs is 5. The number of alkyl halides is 1. The van der Waals surface area contributed by atoms with Gasteiger partial charge in [0.2, 0.25) is 0 Å². The SMILES string of the molecule is CCCCCCCCCCCCCCCCCC1(F)CC=Cc2c1ccc1c2ccc2ccccc21. The smallest absolute Gasteiger partial charge is 0.140 e. The van der Waals surface area contributed by atoms with E-state index in [0.29, 0.717) is 12.8 Å². The van der Waals surface area contributed by atoms with Gasteiger partial charge in [-0.15, -0.1) is 0 Å². The lowest BCUT2D eigenvalue weighted by Crippen LogP contribution is -2.23. The van der Waals surface area contributed by atoms with Crippen molar-refractivity contribution in [2.75, 3.05) is 0 Å². The van der Waals surface area contributed by atoms with Gasteiger partial charge < -0.3 is 0 Å². The molecule has 0 aromatic heterocycles. The maximum atomic E-state index is 16.2. The van der Waals surface area contributed by atoms with Crippen molar-refractivity contribution < 1.29 is 4.39 Å². The second-order valence-electron chi connectivity index (χ2n) is 11.2. The Labute approximate surface area is 219 Å². The number of halogens is 1. The normalized spacial score (nSPS) is 17.2. The molecule has 0 saturated heterocycles. The first-order chi connectivity index (χ1) is 17.7. The van der Waals surface area contributed by atoms with Gasteiger partial charge in [-0.2, -0.15) is 0 Å². The molecule has 0 spiro atoms. The van der Waals surface area contributed by atoms with E-state index < -0.39 is 5.67 Å². The predicted molar refractivity (Wildman–Crippen MR) is 157 cm³/mol. The van der Waals surface area contributed by atoms with Crippen molar-refractivity contribution in [3.05, 3.63) is 65.7 Å². The predicted octanol–water partition coefficient (Wildman–Crippen LogP) is 11.8. The van der Waals surface area contributed by atoms with Crippen molar-refractivity contribution in [3.63, 3.8) is 0 Å². The summed E-state index contributed by atoms with van der Waals surface area (Å²) in [7, 11) is 0. The molecule has 1 atom stereocenters. The van der Waals surface area contributed by atoms with Crippen LogP contribution in [0.4, 0.5) is 4.39 Å². The number of rotatable bonds is 16.